The molecule has 1 aromatic carbocycles. The molecule has 4 heteroatoms. The number of amides is 1. The Hall–Kier alpha value is -1.94. The predicted molar refractivity (Wildman–Crippen MR) is 70.2 cm³/mol. The molecule has 1 aliphatic carbocycles. The van der Waals surface area contributed by atoms with Gasteiger partial charge in [0.15, 0.2) is 0 Å². The highest BCUT2D eigenvalue weighted by Crippen LogP contribution is 2.34. The fraction of sp³-hybridized carbons (Fsp3) is 0.286. The van der Waals surface area contributed by atoms with Crippen LogP contribution >= 0.6 is 0 Å². The molecule has 0 saturated heterocycles. The van der Waals surface area contributed by atoms with E-state index in [2.05, 4.69) is 10.3 Å². The van der Waals surface area contributed by atoms with E-state index >= 15 is 0 Å². The lowest BCUT2D eigenvalue weighted by molar-refractivity contribution is 0.0930. The Morgan fingerprint density at radius 3 is 2.83 bits per heavy atom. The second-order valence-corrected chi connectivity index (χ2v) is 4.82. The molecule has 4 nitrogen and oxygen atoms in total. The van der Waals surface area contributed by atoms with Crippen molar-refractivity contribution in [2.75, 3.05) is 6.54 Å². The molecule has 1 aliphatic rings. The van der Waals surface area contributed by atoms with Crippen LogP contribution in [-0.2, 0) is 0 Å². The SMILES string of the molecule is NCC1(NC(=O)c2nccc3ccccc23)CC1. The van der Waals surface area contributed by atoms with Gasteiger partial charge in [0.2, 0.25) is 0 Å². The van der Waals surface area contributed by atoms with E-state index in [0.29, 0.717) is 12.2 Å². The lowest BCUT2D eigenvalue weighted by Crippen LogP contribution is -2.42. The summed E-state index contributed by atoms with van der Waals surface area (Å²) in [5.74, 6) is -0.130. The Morgan fingerprint density at radius 1 is 1.33 bits per heavy atom. The molecule has 1 fully saturated rings. The number of nitrogens with one attached hydrogen (secondary N) is 1. The molecule has 0 spiro atoms. The number of nitrogens with zero attached hydrogens (tertiary/aromatic N) is 1. The maximum absolute atomic E-state index is 12.2. The number of nitrogens with two attached hydrogens (primary N) is 1. The minimum absolute atomic E-state index is 0.130. The van der Waals surface area contributed by atoms with Crippen molar-refractivity contribution in [1.82, 2.24) is 10.3 Å². The minimum Gasteiger partial charge on any atom is -0.344 e. The zero-order chi connectivity index (χ0) is 12.6. The van der Waals surface area contributed by atoms with Gasteiger partial charge in [-0.25, -0.2) is 0 Å². The number of carbonyl (C=O) groups excluding carboxylic acids is 1. The van der Waals surface area contributed by atoms with Gasteiger partial charge in [-0.15, -0.1) is 0 Å². The Labute approximate surface area is 105 Å². The number of fused-ring (bicyclic) bond motifs is 1. The standard InChI is InChI=1S/C14H15N3O/c15-9-14(6-7-14)17-13(18)12-11-4-2-1-3-10(11)5-8-16-12/h1-5,8H,6-7,9,15H2,(H,17,18). The van der Waals surface area contributed by atoms with Crippen LogP contribution in [0.3, 0.4) is 0 Å². The van der Waals surface area contributed by atoms with Crippen molar-refractivity contribution in [2.45, 2.75) is 18.4 Å². The average molecular weight is 241 g/mol. The number of carbonyl (C=O) groups is 1. The van der Waals surface area contributed by atoms with Crippen LogP contribution in [0, 0.1) is 0 Å². The van der Waals surface area contributed by atoms with Crippen LogP contribution in [0.5, 0.6) is 0 Å². The van der Waals surface area contributed by atoms with Gasteiger partial charge in [0.1, 0.15) is 5.69 Å². The van der Waals surface area contributed by atoms with Crippen LogP contribution in [0.15, 0.2) is 36.5 Å². The van der Waals surface area contributed by atoms with E-state index in [1.165, 1.54) is 0 Å². The number of pyridine rings is 1. The summed E-state index contributed by atoms with van der Waals surface area (Å²) in [7, 11) is 0. The third-order valence-electron chi connectivity index (χ3n) is 3.51. The maximum atomic E-state index is 12.2. The zero-order valence-electron chi connectivity index (χ0n) is 10.0. The molecular weight excluding hydrogens is 226 g/mol. The molecule has 3 rings (SSSR count). The molecule has 1 saturated carbocycles. The third-order valence-corrected chi connectivity index (χ3v) is 3.51. The lowest BCUT2D eigenvalue weighted by Gasteiger charge is -2.15. The highest BCUT2D eigenvalue weighted by molar-refractivity contribution is 6.05. The van der Waals surface area contributed by atoms with E-state index in [1.807, 2.05) is 30.3 Å². The molecule has 0 bridgehead atoms. The first kappa shape index (κ1) is 11.2. The van der Waals surface area contributed by atoms with Crippen molar-refractivity contribution in [3.05, 3.63) is 42.2 Å². The topological polar surface area (TPSA) is 68.0 Å². The van der Waals surface area contributed by atoms with Crippen LogP contribution in [0.2, 0.25) is 0 Å². The lowest BCUT2D eigenvalue weighted by atomic mass is 10.1. The van der Waals surface area contributed by atoms with E-state index < -0.39 is 0 Å². The van der Waals surface area contributed by atoms with Crippen LogP contribution in [0.1, 0.15) is 23.3 Å². The van der Waals surface area contributed by atoms with Gasteiger partial charge in [-0.1, -0.05) is 24.3 Å². The quantitative estimate of drug-likeness (QED) is 0.854. The molecule has 2 aromatic rings. The second-order valence-electron chi connectivity index (χ2n) is 4.82. The van der Waals surface area contributed by atoms with E-state index in [1.54, 1.807) is 6.20 Å². The Kier molecular flexibility index (Phi) is 2.52. The molecular formula is C14H15N3O. The molecule has 0 unspecified atom stereocenters. The highest BCUT2D eigenvalue weighted by atomic mass is 16.2. The van der Waals surface area contributed by atoms with Gasteiger partial charge in [0.25, 0.3) is 5.91 Å². The summed E-state index contributed by atoms with van der Waals surface area (Å²) in [4.78, 5) is 16.4. The van der Waals surface area contributed by atoms with Gasteiger partial charge in [0, 0.05) is 18.1 Å². The van der Waals surface area contributed by atoms with Crippen molar-refractivity contribution in [2.24, 2.45) is 5.73 Å². The average Bonchev–Trinajstić information content (AvgIpc) is 3.18. The highest BCUT2D eigenvalue weighted by Gasteiger charge is 2.43. The molecule has 1 amide bonds. The Morgan fingerprint density at radius 2 is 2.11 bits per heavy atom. The molecule has 0 aliphatic heterocycles. The molecule has 1 heterocycles. The summed E-state index contributed by atoms with van der Waals surface area (Å²) in [5, 5.41) is 4.90. The van der Waals surface area contributed by atoms with Crippen LogP contribution in [-0.4, -0.2) is 23.0 Å². The Bertz CT molecular complexity index is 600. The second kappa shape index (κ2) is 4.07. The molecule has 92 valence electrons. The monoisotopic (exact) mass is 241 g/mol. The third kappa shape index (κ3) is 1.84. The fourth-order valence-electron chi connectivity index (χ4n) is 2.13. The fourth-order valence-corrected chi connectivity index (χ4v) is 2.13. The van der Waals surface area contributed by atoms with Gasteiger partial charge < -0.3 is 11.1 Å². The van der Waals surface area contributed by atoms with Gasteiger partial charge in [-0.3, -0.25) is 9.78 Å². The van der Waals surface area contributed by atoms with Crippen molar-refractivity contribution in [3.8, 4) is 0 Å². The summed E-state index contributed by atoms with van der Waals surface area (Å²) >= 11 is 0. The molecule has 1 aromatic heterocycles. The van der Waals surface area contributed by atoms with Crippen molar-refractivity contribution in [3.63, 3.8) is 0 Å². The number of hydrogen-bond donors (Lipinski definition) is 2. The van der Waals surface area contributed by atoms with Gasteiger partial charge in [-0.2, -0.15) is 0 Å². The minimum atomic E-state index is -0.185. The molecule has 0 radical (unpaired) electrons. The van der Waals surface area contributed by atoms with Crippen molar-refractivity contribution >= 4 is 16.7 Å². The zero-order valence-corrected chi connectivity index (χ0v) is 10.0. The first-order valence-corrected chi connectivity index (χ1v) is 6.10. The number of benzene rings is 1. The Balaban J connectivity index is 1.96. The van der Waals surface area contributed by atoms with Crippen LogP contribution in [0.4, 0.5) is 0 Å². The van der Waals surface area contributed by atoms with Gasteiger partial charge in [0.05, 0.1) is 5.54 Å². The van der Waals surface area contributed by atoms with E-state index in [-0.39, 0.29) is 11.4 Å². The van der Waals surface area contributed by atoms with Gasteiger partial charge in [-0.05, 0) is 24.3 Å². The smallest absolute Gasteiger partial charge is 0.270 e. The summed E-state index contributed by atoms with van der Waals surface area (Å²) in [6.07, 6.45) is 3.58. The summed E-state index contributed by atoms with van der Waals surface area (Å²) in [6.45, 7) is 0.490. The largest absolute Gasteiger partial charge is 0.344 e. The van der Waals surface area contributed by atoms with Crippen molar-refractivity contribution in [1.29, 1.82) is 0 Å². The summed E-state index contributed by atoms with van der Waals surface area (Å²) < 4.78 is 0. The van der Waals surface area contributed by atoms with E-state index in [0.717, 1.165) is 23.6 Å². The normalized spacial score (nSPS) is 16.5. The molecule has 3 N–H and O–H groups in total. The van der Waals surface area contributed by atoms with Gasteiger partial charge >= 0.3 is 0 Å². The van der Waals surface area contributed by atoms with Crippen LogP contribution < -0.4 is 11.1 Å². The number of rotatable bonds is 3. The maximum Gasteiger partial charge on any atom is 0.270 e. The van der Waals surface area contributed by atoms with E-state index in [9.17, 15) is 4.79 Å². The van der Waals surface area contributed by atoms with Crippen LogP contribution in [0.25, 0.3) is 10.8 Å². The predicted octanol–water partition coefficient (Wildman–Crippen LogP) is 1.46. The van der Waals surface area contributed by atoms with E-state index in [4.69, 9.17) is 5.73 Å². The molecule has 0 atom stereocenters. The summed E-state index contributed by atoms with van der Waals surface area (Å²) in [6, 6.07) is 9.66. The van der Waals surface area contributed by atoms with Crippen molar-refractivity contribution < 1.29 is 4.79 Å². The number of aromatic nitrogens is 1. The molecule has 18 heavy (non-hydrogen) atoms. The summed E-state index contributed by atoms with van der Waals surface area (Å²) in [5.41, 5.74) is 5.97. The first-order chi connectivity index (χ1) is 8.74. The first-order valence-electron chi connectivity index (χ1n) is 6.10. The number of hydrogen-bond acceptors (Lipinski definition) is 3.